The standard InChI is InChI=1S/C15H28N2O3/c1-3-12(4-2)17-14(18)11-19-13-9-15(20-10-13)5-7-16-8-6-15/h12-13,16H,3-11H2,1-2H3,(H,17,18). The average Bonchev–Trinajstić information content (AvgIpc) is 2.86. The summed E-state index contributed by atoms with van der Waals surface area (Å²) in [4.78, 5) is 11.8. The van der Waals surface area contributed by atoms with Crippen LogP contribution in [-0.2, 0) is 14.3 Å². The van der Waals surface area contributed by atoms with Crippen LogP contribution in [0.2, 0.25) is 0 Å². The monoisotopic (exact) mass is 284 g/mol. The Bertz CT molecular complexity index is 312. The van der Waals surface area contributed by atoms with E-state index in [9.17, 15) is 4.79 Å². The highest BCUT2D eigenvalue weighted by atomic mass is 16.6. The maximum atomic E-state index is 11.8. The second-order valence-corrected chi connectivity index (χ2v) is 5.96. The summed E-state index contributed by atoms with van der Waals surface area (Å²) >= 11 is 0. The molecule has 20 heavy (non-hydrogen) atoms. The Morgan fingerprint density at radius 3 is 2.75 bits per heavy atom. The lowest BCUT2D eigenvalue weighted by molar-refractivity contribution is -0.128. The third-order valence-corrected chi connectivity index (χ3v) is 4.49. The van der Waals surface area contributed by atoms with Gasteiger partial charge in [0.1, 0.15) is 6.61 Å². The van der Waals surface area contributed by atoms with Crippen molar-refractivity contribution < 1.29 is 14.3 Å². The second-order valence-electron chi connectivity index (χ2n) is 5.96. The molecule has 1 unspecified atom stereocenters. The first-order valence-corrected chi connectivity index (χ1v) is 7.93. The van der Waals surface area contributed by atoms with Crippen molar-refractivity contribution in [2.45, 2.75) is 63.7 Å². The van der Waals surface area contributed by atoms with Crippen LogP contribution in [0.1, 0.15) is 46.0 Å². The molecule has 2 aliphatic rings. The summed E-state index contributed by atoms with van der Waals surface area (Å²) in [5.74, 6) is -0.00930. The fourth-order valence-electron chi connectivity index (χ4n) is 3.10. The lowest BCUT2D eigenvalue weighted by Crippen LogP contribution is -2.42. The molecule has 1 amide bonds. The molecule has 0 aliphatic carbocycles. The van der Waals surface area contributed by atoms with E-state index in [-0.39, 0.29) is 30.3 Å². The van der Waals surface area contributed by atoms with E-state index in [4.69, 9.17) is 9.47 Å². The molecule has 2 rings (SSSR count). The van der Waals surface area contributed by atoms with Crippen LogP contribution < -0.4 is 10.6 Å². The van der Waals surface area contributed by atoms with E-state index in [0.717, 1.165) is 45.2 Å². The van der Waals surface area contributed by atoms with Gasteiger partial charge < -0.3 is 20.1 Å². The van der Waals surface area contributed by atoms with Crippen LogP contribution in [-0.4, -0.2) is 50.0 Å². The maximum absolute atomic E-state index is 11.8. The zero-order chi connectivity index (χ0) is 14.4. The van der Waals surface area contributed by atoms with Gasteiger partial charge in [0.25, 0.3) is 0 Å². The van der Waals surface area contributed by atoms with E-state index in [2.05, 4.69) is 24.5 Å². The minimum Gasteiger partial charge on any atom is -0.372 e. The van der Waals surface area contributed by atoms with Crippen LogP contribution >= 0.6 is 0 Å². The number of carbonyl (C=O) groups excluding carboxylic acids is 1. The SMILES string of the molecule is CCC(CC)NC(=O)COC1COC2(CCNCC2)C1. The Morgan fingerprint density at radius 1 is 1.40 bits per heavy atom. The molecule has 2 N–H and O–H groups in total. The zero-order valence-electron chi connectivity index (χ0n) is 12.7. The van der Waals surface area contributed by atoms with Gasteiger partial charge in [0.05, 0.1) is 18.3 Å². The number of ether oxygens (including phenoxy) is 2. The van der Waals surface area contributed by atoms with Crippen molar-refractivity contribution in [3.05, 3.63) is 0 Å². The number of hydrogen-bond acceptors (Lipinski definition) is 4. The summed E-state index contributed by atoms with van der Waals surface area (Å²) in [6, 6.07) is 0.265. The largest absolute Gasteiger partial charge is 0.372 e. The van der Waals surface area contributed by atoms with Gasteiger partial charge in [0.2, 0.25) is 5.91 Å². The second kappa shape index (κ2) is 7.38. The quantitative estimate of drug-likeness (QED) is 0.770. The van der Waals surface area contributed by atoms with Crippen molar-refractivity contribution >= 4 is 5.91 Å². The number of piperidine rings is 1. The average molecular weight is 284 g/mol. The number of nitrogens with one attached hydrogen (secondary N) is 2. The van der Waals surface area contributed by atoms with Gasteiger partial charge >= 0.3 is 0 Å². The molecule has 0 aromatic rings. The first-order chi connectivity index (χ1) is 9.67. The zero-order valence-corrected chi connectivity index (χ0v) is 12.7. The van der Waals surface area contributed by atoms with Crippen molar-refractivity contribution in [2.24, 2.45) is 0 Å². The smallest absolute Gasteiger partial charge is 0.246 e. The summed E-state index contributed by atoms with van der Waals surface area (Å²) in [5, 5.41) is 6.35. The van der Waals surface area contributed by atoms with Crippen LogP contribution in [0, 0.1) is 0 Å². The molecule has 116 valence electrons. The van der Waals surface area contributed by atoms with Crippen LogP contribution in [0.15, 0.2) is 0 Å². The van der Waals surface area contributed by atoms with Crippen molar-refractivity contribution in [3.63, 3.8) is 0 Å². The lowest BCUT2D eigenvalue weighted by Gasteiger charge is -2.32. The molecule has 2 fully saturated rings. The summed E-state index contributed by atoms with van der Waals surface area (Å²) in [6.07, 6.45) is 5.02. The Hall–Kier alpha value is -0.650. The maximum Gasteiger partial charge on any atom is 0.246 e. The summed E-state index contributed by atoms with van der Waals surface area (Å²) < 4.78 is 11.7. The fraction of sp³-hybridized carbons (Fsp3) is 0.933. The van der Waals surface area contributed by atoms with Crippen molar-refractivity contribution in [1.29, 1.82) is 0 Å². The van der Waals surface area contributed by atoms with Crippen molar-refractivity contribution in [1.82, 2.24) is 10.6 Å². The van der Waals surface area contributed by atoms with E-state index in [1.807, 2.05) is 0 Å². The number of carbonyl (C=O) groups is 1. The molecule has 1 spiro atoms. The molecule has 0 radical (unpaired) electrons. The van der Waals surface area contributed by atoms with E-state index >= 15 is 0 Å². The Morgan fingerprint density at radius 2 is 2.10 bits per heavy atom. The predicted octanol–water partition coefficient (Wildman–Crippen LogP) is 1.22. The minimum atomic E-state index is -0.00930. The highest BCUT2D eigenvalue weighted by molar-refractivity contribution is 5.77. The summed E-state index contributed by atoms with van der Waals surface area (Å²) in [6.45, 7) is 6.98. The highest BCUT2D eigenvalue weighted by Gasteiger charge is 2.41. The van der Waals surface area contributed by atoms with Crippen LogP contribution in [0.25, 0.3) is 0 Å². The van der Waals surface area contributed by atoms with Gasteiger partial charge in [-0.2, -0.15) is 0 Å². The molecule has 0 aromatic carbocycles. The highest BCUT2D eigenvalue weighted by Crippen LogP contribution is 2.35. The Balaban J connectivity index is 1.68. The topological polar surface area (TPSA) is 59.6 Å². The van der Waals surface area contributed by atoms with Crippen molar-refractivity contribution in [2.75, 3.05) is 26.3 Å². The molecule has 2 saturated heterocycles. The van der Waals surface area contributed by atoms with Gasteiger partial charge in [-0.1, -0.05) is 13.8 Å². The number of amides is 1. The molecule has 5 nitrogen and oxygen atoms in total. The molecular weight excluding hydrogens is 256 g/mol. The summed E-state index contributed by atoms with van der Waals surface area (Å²) in [7, 11) is 0. The molecule has 0 aromatic heterocycles. The Kier molecular flexibility index (Phi) is 5.81. The van der Waals surface area contributed by atoms with Crippen molar-refractivity contribution in [3.8, 4) is 0 Å². The molecule has 2 heterocycles. The predicted molar refractivity (Wildman–Crippen MR) is 77.7 cm³/mol. The van der Waals surface area contributed by atoms with E-state index < -0.39 is 0 Å². The van der Waals surface area contributed by atoms with E-state index in [1.54, 1.807) is 0 Å². The molecule has 0 bridgehead atoms. The van der Waals surface area contributed by atoms with Crippen LogP contribution in [0.5, 0.6) is 0 Å². The number of hydrogen-bond donors (Lipinski definition) is 2. The van der Waals surface area contributed by atoms with Gasteiger partial charge in [0.15, 0.2) is 0 Å². The first kappa shape index (κ1) is 15.7. The van der Waals surface area contributed by atoms with Crippen LogP contribution in [0.3, 0.4) is 0 Å². The third kappa shape index (κ3) is 4.17. The van der Waals surface area contributed by atoms with Gasteiger partial charge in [-0.15, -0.1) is 0 Å². The van der Waals surface area contributed by atoms with Crippen LogP contribution in [0.4, 0.5) is 0 Å². The van der Waals surface area contributed by atoms with Gasteiger partial charge in [-0.3, -0.25) is 4.79 Å². The molecule has 0 saturated carbocycles. The molecule has 1 atom stereocenters. The fourth-order valence-corrected chi connectivity index (χ4v) is 3.10. The van der Waals surface area contributed by atoms with E-state index in [0.29, 0.717) is 6.61 Å². The van der Waals surface area contributed by atoms with Gasteiger partial charge in [-0.25, -0.2) is 0 Å². The minimum absolute atomic E-state index is 0.00175. The summed E-state index contributed by atoms with van der Waals surface area (Å²) in [5.41, 5.74) is 0.00175. The molecular formula is C15H28N2O3. The van der Waals surface area contributed by atoms with E-state index in [1.165, 1.54) is 0 Å². The lowest BCUT2D eigenvalue weighted by atomic mass is 9.89. The van der Waals surface area contributed by atoms with Gasteiger partial charge in [-0.05, 0) is 38.8 Å². The Labute approximate surface area is 121 Å². The number of rotatable bonds is 6. The van der Waals surface area contributed by atoms with Gasteiger partial charge in [0, 0.05) is 12.5 Å². The normalized spacial score (nSPS) is 25.2. The first-order valence-electron chi connectivity index (χ1n) is 7.93. The third-order valence-electron chi connectivity index (χ3n) is 4.49. The molecule has 5 heteroatoms. The molecule has 2 aliphatic heterocycles.